The third-order valence-electron chi connectivity index (χ3n) is 9.13. The summed E-state index contributed by atoms with van der Waals surface area (Å²) in [5.74, 6) is 1.26. The molecule has 0 saturated heterocycles. The number of aryl methyl sites for hydroxylation is 1. The Bertz CT molecular complexity index is 1810. The zero-order valence-electron chi connectivity index (χ0n) is 26.2. The fourth-order valence-corrected chi connectivity index (χ4v) is 6.84. The van der Waals surface area contributed by atoms with Gasteiger partial charge in [0, 0.05) is 31.4 Å². The van der Waals surface area contributed by atoms with E-state index in [2.05, 4.69) is 119 Å². The summed E-state index contributed by atoms with van der Waals surface area (Å²) in [7, 11) is 0. The molecule has 0 spiro atoms. The van der Waals surface area contributed by atoms with Crippen molar-refractivity contribution in [2.45, 2.75) is 63.8 Å². The fourth-order valence-electron chi connectivity index (χ4n) is 6.84. The lowest BCUT2D eigenvalue weighted by Crippen LogP contribution is -2.32. The Morgan fingerprint density at radius 3 is 2.48 bits per heavy atom. The first-order valence-corrected chi connectivity index (χ1v) is 16.1. The van der Waals surface area contributed by atoms with Crippen molar-refractivity contribution in [3.8, 4) is 0 Å². The zero-order valence-corrected chi connectivity index (χ0v) is 27.9. The zero-order chi connectivity index (χ0) is 30.4. The molecule has 46 heavy (non-hydrogen) atoms. The number of rotatable bonds is 11. The molecule has 0 saturated carbocycles. The maximum absolute atomic E-state index is 4.95. The third kappa shape index (κ3) is 7.28. The number of aromatic nitrogens is 4. The van der Waals surface area contributed by atoms with E-state index in [4.69, 9.17) is 15.0 Å². The van der Waals surface area contributed by atoms with Gasteiger partial charge in [0.15, 0.2) is 0 Å². The molecule has 6 nitrogen and oxygen atoms in total. The van der Waals surface area contributed by atoms with Crippen LogP contribution in [0.15, 0.2) is 122 Å². The van der Waals surface area contributed by atoms with Gasteiger partial charge in [-0.15, -0.1) is 17.0 Å². The Balaban J connectivity index is 0.00000372. The topological polar surface area (TPSA) is 69.7 Å². The van der Waals surface area contributed by atoms with Gasteiger partial charge in [0.25, 0.3) is 0 Å². The van der Waals surface area contributed by atoms with Gasteiger partial charge in [0.05, 0.1) is 41.0 Å². The van der Waals surface area contributed by atoms with Gasteiger partial charge in [-0.2, -0.15) is 0 Å². The van der Waals surface area contributed by atoms with E-state index in [-0.39, 0.29) is 35.0 Å². The maximum Gasteiger partial charge on any atom is 0.121 e. The molecular weight excluding hydrogens is 632 g/mol. The van der Waals surface area contributed by atoms with Crippen molar-refractivity contribution in [3.63, 3.8) is 0 Å². The normalized spacial score (nSPS) is 15.7. The Labute approximate surface area is 282 Å². The number of para-hydroxylation sites is 2. The van der Waals surface area contributed by atoms with Gasteiger partial charge >= 0.3 is 0 Å². The summed E-state index contributed by atoms with van der Waals surface area (Å²) in [6.45, 7) is 4.58. The van der Waals surface area contributed by atoms with E-state index in [0.717, 1.165) is 55.0 Å². The second-order valence-corrected chi connectivity index (χ2v) is 12.2. The molecule has 0 fully saturated rings. The molecule has 0 radical (unpaired) electrons. The van der Waals surface area contributed by atoms with Crippen molar-refractivity contribution < 1.29 is 0 Å². The molecule has 7 heteroatoms. The monoisotopic (exact) mass is 672 g/mol. The number of fused-ring (bicyclic) bond motifs is 2. The Kier molecular flexibility index (Phi) is 10.3. The SMILES string of the molecule is Br.CC(c1ccccc1)C(NCc1cccc(CN(Cc2nc3ccccc3[nH]2)C2CCCc3cccnc32)c1)c1ccccn1. The second-order valence-electron chi connectivity index (χ2n) is 12.2. The molecule has 3 atom stereocenters. The average Bonchev–Trinajstić information content (AvgIpc) is 3.51. The number of pyridine rings is 2. The third-order valence-corrected chi connectivity index (χ3v) is 9.13. The summed E-state index contributed by atoms with van der Waals surface area (Å²) in [4.78, 5) is 20.7. The smallest absolute Gasteiger partial charge is 0.121 e. The first-order valence-electron chi connectivity index (χ1n) is 16.1. The van der Waals surface area contributed by atoms with E-state index in [0.29, 0.717) is 0 Å². The average molecular weight is 674 g/mol. The number of hydrogen-bond donors (Lipinski definition) is 2. The van der Waals surface area contributed by atoms with E-state index < -0.39 is 0 Å². The molecule has 0 aliphatic heterocycles. The van der Waals surface area contributed by atoms with Crippen LogP contribution >= 0.6 is 17.0 Å². The highest BCUT2D eigenvalue weighted by Crippen LogP contribution is 2.35. The van der Waals surface area contributed by atoms with Crippen molar-refractivity contribution >= 4 is 28.0 Å². The van der Waals surface area contributed by atoms with Gasteiger partial charge in [0.1, 0.15) is 5.82 Å². The van der Waals surface area contributed by atoms with Gasteiger partial charge in [-0.25, -0.2) is 4.98 Å². The van der Waals surface area contributed by atoms with Crippen molar-refractivity contribution in [2.75, 3.05) is 0 Å². The van der Waals surface area contributed by atoms with Gasteiger partial charge in [-0.05, 0) is 71.8 Å². The van der Waals surface area contributed by atoms with Crippen LogP contribution in [0.4, 0.5) is 0 Å². The fraction of sp³-hybridized carbons (Fsp3) is 0.256. The van der Waals surface area contributed by atoms with Crippen LogP contribution < -0.4 is 5.32 Å². The predicted molar refractivity (Wildman–Crippen MR) is 191 cm³/mol. The van der Waals surface area contributed by atoms with Crippen LogP contribution in [0, 0.1) is 0 Å². The van der Waals surface area contributed by atoms with Gasteiger partial charge in [-0.3, -0.25) is 14.9 Å². The van der Waals surface area contributed by atoms with Gasteiger partial charge in [0.2, 0.25) is 0 Å². The Hall–Kier alpha value is -4.17. The molecule has 3 heterocycles. The molecule has 7 rings (SSSR count). The lowest BCUT2D eigenvalue weighted by Gasteiger charge is -2.34. The quantitative estimate of drug-likeness (QED) is 0.144. The molecule has 6 aromatic rings. The number of aromatic amines is 1. The number of halogens is 1. The number of H-pyrrole nitrogens is 1. The summed E-state index contributed by atoms with van der Waals surface area (Å²) < 4.78 is 0. The van der Waals surface area contributed by atoms with Crippen molar-refractivity contribution in [1.82, 2.24) is 30.2 Å². The van der Waals surface area contributed by atoms with E-state index in [9.17, 15) is 0 Å². The number of nitrogens with zero attached hydrogens (tertiary/aromatic N) is 4. The van der Waals surface area contributed by atoms with Crippen LogP contribution in [0.1, 0.15) is 77.2 Å². The van der Waals surface area contributed by atoms with E-state index in [1.807, 2.05) is 24.5 Å². The number of hydrogen-bond acceptors (Lipinski definition) is 5. The highest BCUT2D eigenvalue weighted by Gasteiger charge is 2.28. The van der Waals surface area contributed by atoms with Crippen LogP contribution in [0.5, 0.6) is 0 Å². The van der Waals surface area contributed by atoms with E-state index in [1.165, 1.54) is 34.4 Å². The Morgan fingerprint density at radius 2 is 1.63 bits per heavy atom. The molecule has 0 amide bonds. The van der Waals surface area contributed by atoms with Crippen LogP contribution in [0.2, 0.25) is 0 Å². The lowest BCUT2D eigenvalue weighted by atomic mass is 9.90. The summed E-state index contributed by atoms with van der Waals surface area (Å²) in [6.07, 6.45) is 7.18. The van der Waals surface area contributed by atoms with Crippen LogP contribution in [-0.4, -0.2) is 24.8 Å². The van der Waals surface area contributed by atoms with Crippen molar-refractivity contribution in [2.24, 2.45) is 0 Å². The summed E-state index contributed by atoms with van der Waals surface area (Å²) >= 11 is 0. The molecule has 1 aliphatic carbocycles. The second kappa shape index (κ2) is 14.9. The highest BCUT2D eigenvalue weighted by molar-refractivity contribution is 8.93. The number of benzene rings is 3. The Morgan fingerprint density at radius 1 is 0.826 bits per heavy atom. The summed E-state index contributed by atoms with van der Waals surface area (Å²) in [5, 5.41) is 3.86. The van der Waals surface area contributed by atoms with Crippen LogP contribution in [-0.2, 0) is 26.1 Å². The molecule has 234 valence electrons. The minimum Gasteiger partial charge on any atom is -0.341 e. The van der Waals surface area contributed by atoms with E-state index >= 15 is 0 Å². The largest absolute Gasteiger partial charge is 0.341 e. The predicted octanol–water partition coefficient (Wildman–Crippen LogP) is 8.65. The summed E-state index contributed by atoms with van der Waals surface area (Å²) in [5.41, 5.74) is 9.59. The van der Waals surface area contributed by atoms with Crippen LogP contribution in [0.25, 0.3) is 11.0 Å². The van der Waals surface area contributed by atoms with E-state index in [1.54, 1.807) is 0 Å². The first kappa shape index (κ1) is 31.8. The lowest BCUT2D eigenvalue weighted by molar-refractivity contribution is 0.153. The minimum atomic E-state index is 0. The molecule has 3 aromatic carbocycles. The minimum absolute atomic E-state index is 0. The maximum atomic E-state index is 4.95. The molecule has 3 unspecified atom stereocenters. The van der Waals surface area contributed by atoms with Crippen LogP contribution in [0.3, 0.4) is 0 Å². The van der Waals surface area contributed by atoms with Crippen molar-refractivity contribution in [3.05, 3.63) is 161 Å². The van der Waals surface area contributed by atoms with Crippen molar-refractivity contribution in [1.29, 1.82) is 0 Å². The number of nitrogens with one attached hydrogen (secondary N) is 2. The standard InChI is InChI=1S/C39H40N6.BrH/c1-28(31-14-3-2-4-15-31)38(35-20-7-8-22-40-35)42-25-29-12-9-13-30(24-29)26-45(27-37-43-33-18-5-6-19-34(33)44-37)36-21-10-16-32-17-11-23-41-39(32)36;/h2-9,11-15,17-20,22-24,28,36,38,42H,10,16,21,25-27H2,1H3,(H,43,44);1H. The summed E-state index contributed by atoms with van der Waals surface area (Å²) in [6, 6.07) is 38.8. The molecule has 3 aromatic heterocycles. The van der Waals surface area contributed by atoms with Gasteiger partial charge in [-0.1, -0.05) is 85.8 Å². The number of imidazole rings is 1. The molecule has 0 bridgehead atoms. The molecular formula is C39H41BrN6. The molecule has 2 N–H and O–H groups in total. The van der Waals surface area contributed by atoms with Gasteiger partial charge < -0.3 is 10.3 Å². The first-order chi connectivity index (χ1) is 22.2. The highest BCUT2D eigenvalue weighted by atomic mass is 79.9. The molecule has 1 aliphatic rings.